The predicted molar refractivity (Wildman–Crippen MR) is 95.4 cm³/mol. The molecule has 0 amide bonds. The average molecular weight is 338 g/mol. The van der Waals surface area contributed by atoms with Crippen LogP contribution < -0.4 is 10.9 Å². The van der Waals surface area contributed by atoms with Crippen LogP contribution in [0.3, 0.4) is 0 Å². The highest BCUT2D eigenvalue weighted by atomic mass is 16.1. The Labute approximate surface area is 145 Å². The van der Waals surface area contributed by atoms with Gasteiger partial charge in [-0.05, 0) is 18.6 Å². The second-order valence-electron chi connectivity index (χ2n) is 6.56. The molecule has 0 saturated carbocycles. The molecular formula is C18H22N6O. The third kappa shape index (κ3) is 2.96. The quantitative estimate of drug-likeness (QED) is 0.768. The van der Waals surface area contributed by atoms with Crippen LogP contribution in [0.25, 0.3) is 5.65 Å². The van der Waals surface area contributed by atoms with Gasteiger partial charge in [-0.1, -0.05) is 6.07 Å². The summed E-state index contributed by atoms with van der Waals surface area (Å²) in [4.78, 5) is 24.0. The molecule has 130 valence electrons. The lowest BCUT2D eigenvalue weighted by molar-refractivity contribution is 0.143. The minimum absolute atomic E-state index is 0.0348. The number of pyridine rings is 1. The third-order valence-corrected chi connectivity index (χ3v) is 4.82. The molecule has 1 unspecified atom stereocenters. The van der Waals surface area contributed by atoms with Crippen LogP contribution in [-0.4, -0.2) is 43.5 Å². The van der Waals surface area contributed by atoms with E-state index in [0.717, 1.165) is 42.4 Å². The van der Waals surface area contributed by atoms with Gasteiger partial charge >= 0.3 is 0 Å². The molecule has 0 aliphatic carbocycles. The zero-order chi connectivity index (χ0) is 17.4. The molecule has 4 heterocycles. The standard InChI is InChI=1S/C18H22N6O/c1-13-4-3-7-24-16(25)10-14(21-17(13)24)12-23-9-5-19-11-15(23)18-20-6-8-22(18)2/h3-4,6-8,10,15,19H,5,9,11-12H2,1-2H3. The van der Waals surface area contributed by atoms with Crippen molar-refractivity contribution in [3.05, 3.63) is 64.2 Å². The summed E-state index contributed by atoms with van der Waals surface area (Å²) in [6, 6.07) is 5.67. The molecule has 4 rings (SSSR count). The molecule has 7 nitrogen and oxygen atoms in total. The summed E-state index contributed by atoms with van der Waals surface area (Å²) in [6.07, 6.45) is 5.56. The van der Waals surface area contributed by atoms with E-state index < -0.39 is 0 Å². The first-order chi connectivity index (χ1) is 12.1. The SMILES string of the molecule is Cc1cccn2c(=O)cc(CN3CCNCC3c3nccn3C)nc12. The lowest BCUT2D eigenvalue weighted by Gasteiger charge is -2.35. The van der Waals surface area contributed by atoms with E-state index in [1.807, 2.05) is 38.5 Å². The number of hydrogen-bond donors (Lipinski definition) is 1. The van der Waals surface area contributed by atoms with Gasteiger partial charge in [-0.3, -0.25) is 14.1 Å². The third-order valence-electron chi connectivity index (χ3n) is 4.82. The van der Waals surface area contributed by atoms with Crippen molar-refractivity contribution < 1.29 is 0 Å². The Morgan fingerprint density at radius 3 is 3.04 bits per heavy atom. The fourth-order valence-electron chi connectivity index (χ4n) is 3.49. The number of fused-ring (bicyclic) bond motifs is 1. The highest BCUT2D eigenvalue weighted by Gasteiger charge is 2.27. The second kappa shape index (κ2) is 6.42. The number of nitrogens with zero attached hydrogens (tertiary/aromatic N) is 5. The Morgan fingerprint density at radius 2 is 2.24 bits per heavy atom. The minimum Gasteiger partial charge on any atom is -0.337 e. The maximum absolute atomic E-state index is 12.4. The molecule has 0 bridgehead atoms. The molecule has 1 aliphatic heterocycles. The van der Waals surface area contributed by atoms with Gasteiger partial charge < -0.3 is 9.88 Å². The normalized spacial score (nSPS) is 18.7. The van der Waals surface area contributed by atoms with Crippen LogP contribution in [-0.2, 0) is 13.6 Å². The summed E-state index contributed by atoms with van der Waals surface area (Å²) in [5, 5.41) is 3.43. The van der Waals surface area contributed by atoms with Gasteiger partial charge in [0.05, 0.1) is 11.7 Å². The van der Waals surface area contributed by atoms with Gasteiger partial charge in [-0.2, -0.15) is 0 Å². The molecule has 0 spiro atoms. The maximum atomic E-state index is 12.4. The highest BCUT2D eigenvalue weighted by Crippen LogP contribution is 2.22. The van der Waals surface area contributed by atoms with E-state index in [2.05, 4.69) is 19.8 Å². The second-order valence-corrected chi connectivity index (χ2v) is 6.56. The van der Waals surface area contributed by atoms with E-state index in [9.17, 15) is 4.79 Å². The number of imidazole rings is 1. The molecule has 1 atom stereocenters. The van der Waals surface area contributed by atoms with Gasteiger partial charge in [-0.25, -0.2) is 9.97 Å². The number of piperazine rings is 1. The molecule has 3 aromatic heterocycles. The fourth-order valence-corrected chi connectivity index (χ4v) is 3.49. The lowest BCUT2D eigenvalue weighted by Crippen LogP contribution is -2.46. The fraction of sp³-hybridized carbons (Fsp3) is 0.389. The number of rotatable bonds is 3. The Bertz CT molecular complexity index is 960. The number of aryl methyl sites for hydroxylation is 2. The summed E-state index contributed by atoms with van der Waals surface area (Å²) >= 11 is 0. The number of hydrogen-bond acceptors (Lipinski definition) is 5. The van der Waals surface area contributed by atoms with Crippen molar-refractivity contribution in [1.29, 1.82) is 0 Å². The van der Waals surface area contributed by atoms with E-state index in [1.165, 1.54) is 0 Å². The van der Waals surface area contributed by atoms with Crippen molar-refractivity contribution in [3.63, 3.8) is 0 Å². The van der Waals surface area contributed by atoms with Gasteiger partial charge in [0.15, 0.2) is 0 Å². The van der Waals surface area contributed by atoms with Crippen LogP contribution in [0.15, 0.2) is 41.6 Å². The topological polar surface area (TPSA) is 67.5 Å². The molecule has 1 saturated heterocycles. The summed E-state index contributed by atoms with van der Waals surface area (Å²) in [7, 11) is 2.01. The smallest absolute Gasteiger partial charge is 0.258 e. The molecule has 7 heteroatoms. The van der Waals surface area contributed by atoms with Crippen molar-refractivity contribution in [1.82, 2.24) is 29.2 Å². The van der Waals surface area contributed by atoms with Crippen molar-refractivity contribution >= 4 is 5.65 Å². The first-order valence-corrected chi connectivity index (χ1v) is 8.53. The Kier molecular flexibility index (Phi) is 4.10. The van der Waals surface area contributed by atoms with Crippen molar-refractivity contribution in [3.8, 4) is 0 Å². The summed E-state index contributed by atoms with van der Waals surface area (Å²) in [5.74, 6) is 1.03. The lowest BCUT2D eigenvalue weighted by atomic mass is 10.1. The van der Waals surface area contributed by atoms with E-state index in [4.69, 9.17) is 4.98 Å². The Hall–Kier alpha value is -2.51. The minimum atomic E-state index is -0.0348. The van der Waals surface area contributed by atoms with Crippen LogP contribution in [0, 0.1) is 6.92 Å². The van der Waals surface area contributed by atoms with E-state index >= 15 is 0 Å². The molecule has 3 aromatic rings. The average Bonchev–Trinajstić information content (AvgIpc) is 3.02. The maximum Gasteiger partial charge on any atom is 0.258 e. The molecule has 25 heavy (non-hydrogen) atoms. The zero-order valence-electron chi connectivity index (χ0n) is 14.5. The van der Waals surface area contributed by atoms with E-state index in [0.29, 0.717) is 6.54 Å². The number of aromatic nitrogens is 4. The molecule has 1 fully saturated rings. The van der Waals surface area contributed by atoms with Gasteiger partial charge in [-0.15, -0.1) is 0 Å². The highest BCUT2D eigenvalue weighted by molar-refractivity contribution is 5.46. The Morgan fingerprint density at radius 1 is 1.36 bits per heavy atom. The van der Waals surface area contributed by atoms with E-state index in [1.54, 1.807) is 16.7 Å². The molecular weight excluding hydrogens is 316 g/mol. The first-order valence-electron chi connectivity index (χ1n) is 8.53. The van der Waals surface area contributed by atoms with Crippen LogP contribution >= 0.6 is 0 Å². The first kappa shape index (κ1) is 16.0. The van der Waals surface area contributed by atoms with Crippen LogP contribution in [0.1, 0.15) is 23.1 Å². The predicted octanol–water partition coefficient (Wildman–Crippen LogP) is 0.883. The molecule has 1 N–H and O–H groups in total. The van der Waals surface area contributed by atoms with Crippen LogP contribution in [0.4, 0.5) is 0 Å². The summed E-state index contributed by atoms with van der Waals surface area (Å²) in [5.41, 5.74) is 2.50. The van der Waals surface area contributed by atoms with Gasteiger partial charge in [0, 0.05) is 57.9 Å². The largest absolute Gasteiger partial charge is 0.337 e. The number of nitrogens with one attached hydrogen (secondary N) is 1. The monoisotopic (exact) mass is 338 g/mol. The van der Waals surface area contributed by atoms with Gasteiger partial charge in [0.25, 0.3) is 5.56 Å². The van der Waals surface area contributed by atoms with Crippen molar-refractivity contribution in [2.75, 3.05) is 19.6 Å². The van der Waals surface area contributed by atoms with E-state index in [-0.39, 0.29) is 11.6 Å². The van der Waals surface area contributed by atoms with Crippen molar-refractivity contribution in [2.24, 2.45) is 7.05 Å². The van der Waals surface area contributed by atoms with Gasteiger partial charge in [0.1, 0.15) is 11.5 Å². The summed E-state index contributed by atoms with van der Waals surface area (Å²) in [6.45, 7) is 5.28. The van der Waals surface area contributed by atoms with Crippen LogP contribution in [0.5, 0.6) is 0 Å². The molecule has 1 aliphatic rings. The van der Waals surface area contributed by atoms with Gasteiger partial charge in [0.2, 0.25) is 0 Å². The molecule has 0 radical (unpaired) electrons. The van der Waals surface area contributed by atoms with Crippen LogP contribution in [0.2, 0.25) is 0 Å². The Balaban J connectivity index is 1.68. The zero-order valence-corrected chi connectivity index (χ0v) is 14.5. The summed E-state index contributed by atoms with van der Waals surface area (Å²) < 4.78 is 3.66. The van der Waals surface area contributed by atoms with Crippen molar-refractivity contribution in [2.45, 2.75) is 19.5 Å². The molecule has 0 aromatic carbocycles.